The molecule has 194 valence electrons. The molecule has 0 bridgehead atoms. The van der Waals surface area contributed by atoms with Crippen molar-refractivity contribution in [2.24, 2.45) is 0 Å². The average Bonchev–Trinajstić information content (AvgIpc) is 2.94. The van der Waals surface area contributed by atoms with Gasteiger partial charge in [-0.05, 0) is 46.0 Å². The van der Waals surface area contributed by atoms with Crippen LogP contribution in [0, 0.1) is 6.92 Å². The van der Waals surface area contributed by atoms with Gasteiger partial charge in [-0.25, -0.2) is 9.97 Å². The summed E-state index contributed by atoms with van der Waals surface area (Å²) < 4.78 is 40.0. The number of nitrogens with one attached hydrogen (secondary N) is 2. The summed E-state index contributed by atoms with van der Waals surface area (Å²) in [7, 11) is 2.12. The van der Waals surface area contributed by atoms with Gasteiger partial charge in [0.25, 0.3) is 0 Å². The van der Waals surface area contributed by atoms with Crippen LogP contribution in [0.1, 0.15) is 30.7 Å². The van der Waals surface area contributed by atoms with Crippen molar-refractivity contribution in [1.82, 2.24) is 19.9 Å². The number of piperazine rings is 1. The second-order valence-electron chi connectivity index (χ2n) is 10.2. The van der Waals surface area contributed by atoms with Crippen LogP contribution < -0.4 is 15.5 Å². The third-order valence-electron chi connectivity index (χ3n) is 6.82. The molecule has 37 heavy (non-hydrogen) atoms. The highest BCUT2D eigenvalue weighted by Gasteiger charge is 2.33. The number of anilines is 4. The van der Waals surface area contributed by atoms with Gasteiger partial charge in [-0.1, -0.05) is 18.3 Å². The number of fused-ring (bicyclic) bond motifs is 3. The maximum Gasteiger partial charge on any atom is 0.416 e. The molecule has 0 atom stereocenters. The largest absolute Gasteiger partial charge is 0.416 e. The molecule has 2 aliphatic heterocycles. The fraction of sp³-hybridized carbons (Fsp3) is 0.385. The molecule has 0 amide bonds. The van der Waals surface area contributed by atoms with E-state index in [1.165, 1.54) is 6.07 Å². The predicted octanol–water partition coefficient (Wildman–Crippen LogP) is 5.44. The Labute approximate surface area is 219 Å². The van der Waals surface area contributed by atoms with Gasteiger partial charge in [0.15, 0.2) is 0 Å². The first-order valence-corrected chi connectivity index (χ1v) is 12.4. The zero-order valence-corrected chi connectivity index (χ0v) is 21.9. The minimum Gasteiger partial charge on any atom is -0.363 e. The van der Waals surface area contributed by atoms with Gasteiger partial charge < -0.3 is 20.4 Å². The summed E-state index contributed by atoms with van der Waals surface area (Å²) in [6.07, 6.45) is -0.580. The number of benzene rings is 1. The van der Waals surface area contributed by atoms with Crippen LogP contribution in [0.5, 0.6) is 0 Å². The van der Waals surface area contributed by atoms with Crippen LogP contribution in [0.4, 0.5) is 36.2 Å². The fourth-order valence-electron chi connectivity index (χ4n) is 5.02. The molecule has 5 rings (SSSR count). The second-order valence-corrected chi connectivity index (χ2v) is 10.7. The number of thiocarbonyl (C=S) groups is 1. The molecule has 2 aromatic heterocycles. The lowest BCUT2D eigenvalue weighted by molar-refractivity contribution is -0.137. The maximum atomic E-state index is 13.3. The van der Waals surface area contributed by atoms with E-state index >= 15 is 0 Å². The highest BCUT2D eigenvalue weighted by atomic mass is 32.1. The van der Waals surface area contributed by atoms with E-state index in [-0.39, 0.29) is 11.2 Å². The summed E-state index contributed by atoms with van der Waals surface area (Å²) in [4.78, 5) is 18.9. The molecule has 0 unspecified atom stereocenters. The molecule has 0 aliphatic carbocycles. The third-order valence-corrected chi connectivity index (χ3v) is 7.06. The standard InChI is InChI=1S/C26H28F3N7S/c1-15-20(11-18(13-30-15)36-8-7-35(4)14-25(36,2)3)33-24-31-12-16-9-22(37)32-21-10-17(26(27,28)29)5-6-19(21)23(16)34-24/h5-6,10-13H,7-9,14H2,1-4H3,(H,32,37)(H,31,33,34). The van der Waals surface area contributed by atoms with Gasteiger partial charge in [-0.3, -0.25) is 4.98 Å². The number of alkyl halides is 3. The molecule has 0 saturated carbocycles. The number of aromatic nitrogens is 3. The zero-order valence-electron chi connectivity index (χ0n) is 21.1. The molecule has 1 fully saturated rings. The summed E-state index contributed by atoms with van der Waals surface area (Å²) in [5.41, 5.74) is 3.83. The van der Waals surface area contributed by atoms with Crippen LogP contribution in [0.3, 0.4) is 0 Å². The first-order valence-electron chi connectivity index (χ1n) is 12.0. The van der Waals surface area contributed by atoms with Crippen LogP contribution in [0.2, 0.25) is 0 Å². The van der Waals surface area contributed by atoms with Gasteiger partial charge in [0.05, 0.1) is 39.5 Å². The van der Waals surface area contributed by atoms with Crippen LogP contribution in [-0.4, -0.2) is 57.1 Å². The Bertz CT molecular complexity index is 1370. The molecule has 0 radical (unpaired) electrons. The van der Waals surface area contributed by atoms with Crippen molar-refractivity contribution in [2.45, 2.75) is 38.9 Å². The Morgan fingerprint density at radius 2 is 1.89 bits per heavy atom. The smallest absolute Gasteiger partial charge is 0.363 e. The molecule has 1 aromatic carbocycles. The van der Waals surface area contributed by atoms with E-state index in [0.29, 0.717) is 28.6 Å². The van der Waals surface area contributed by atoms with E-state index in [2.05, 4.69) is 51.3 Å². The fourth-order valence-corrected chi connectivity index (χ4v) is 5.29. The molecular weight excluding hydrogens is 499 g/mol. The second kappa shape index (κ2) is 9.21. The van der Waals surface area contributed by atoms with Crippen LogP contribution in [-0.2, 0) is 12.6 Å². The minimum atomic E-state index is -4.46. The zero-order chi connectivity index (χ0) is 26.5. The Kier molecular flexibility index (Phi) is 6.31. The molecule has 0 spiro atoms. The Morgan fingerprint density at radius 1 is 1.11 bits per heavy atom. The van der Waals surface area contributed by atoms with Crippen LogP contribution >= 0.6 is 12.2 Å². The first kappa shape index (κ1) is 25.3. The van der Waals surface area contributed by atoms with E-state index in [1.54, 1.807) is 6.20 Å². The van der Waals surface area contributed by atoms with Gasteiger partial charge in [0.2, 0.25) is 5.95 Å². The van der Waals surface area contributed by atoms with Gasteiger partial charge in [-0.15, -0.1) is 0 Å². The van der Waals surface area contributed by atoms with Crippen LogP contribution in [0.25, 0.3) is 11.3 Å². The molecule has 4 heterocycles. The van der Waals surface area contributed by atoms with E-state index in [0.717, 1.165) is 54.4 Å². The van der Waals surface area contributed by atoms with Crippen molar-refractivity contribution in [3.8, 4) is 11.3 Å². The molecule has 2 N–H and O–H groups in total. The number of hydrogen-bond acceptors (Lipinski definition) is 7. The minimum absolute atomic E-state index is 0.0633. The highest BCUT2D eigenvalue weighted by molar-refractivity contribution is 7.80. The summed E-state index contributed by atoms with van der Waals surface area (Å²) >= 11 is 5.36. The summed E-state index contributed by atoms with van der Waals surface area (Å²) in [6.45, 7) is 9.10. The monoisotopic (exact) mass is 527 g/mol. The van der Waals surface area contributed by atoms with Gasteiger partial charge in [0, 0.05) is 54.6 Å². The SMILES string of the molecule is Cc1ncc(N2CCN(C)CC2(C)C)cc1Nc1ncc2c(n1)-c1ccc(C(F)(F)F)cc1NC(=S)C2. The van der Waals surface area contributed by atoms with Crippen LogP contribution in [0.15, 0.2) is 36.7 Å². The Hall–Kier alpha value is -3.31. The normalized spacial score (nSPS) is 17.5. The van der Waals surface area contributed by atoms with E-state index in [1.807, 2.05) is 19.2 Å². The van der Waals surface area contributed by atoms with E-state index < -0.39 is 11.7 Å². The number of nitrogens with zero attached hydrogens (tertiary/aromatic N) is 5. The molecule has 11 heteroatoms. The average molecular weight is 528 g/mol. The topological polar surface area (TPSA) is 69.2 Å². The number of hydrogen-bond donors (Lipinski definition) is 2. The lowest BCUT2D eigenvalue weighted by Gasteiger charge is -2.47. The predicted molar refractivity (Wildman–Crippen MR) is 144 cm³/mol. The van der Waals surface area contributed by atoms with Gasteiger partial charge in [-0.2, -0.15) is 13.2 Å². The Balaban J connectivity index is 1.50. The summed E-state index contributed by atoms with van der Waals surface area (Å²) in [5, 5.41) is 6.22. The first-order chi connectivity index (χ1) is 17.4. The number of halogens is 3. The number of likely N-dealkylation sites (N-methyl/N-ethyl adjacent to an activating group) is 1. The van der Waals surface area contributed by atoms with Crippen molar-refractivity contribution in [1.29, 1.82) is 0 Å². The quantitative estimate of drug-likeness (QED) is 0.437. The molecule has 3 aromatic rings. The molecule has 7 nitrogen and oxygen atoms in total. The molecule has 1 saturated heterocycles. The number of pyridine rings is 1. The Morgan fingerprint density at radius 3 is 2.62 bits per heavy atom. The van der Waals surface area contributed by atoms with E-state index in [9.17, 15) is 13.2 Å². The lowest BCUT2D eigenvalue weighted by Crippen LogP contribution is -2.58. The summed E-state index contributed by atoms with van der Waals surface area (Å²) in [5.74, 6) is 0.331. The van der Waals surface area contributed by atoms with Crippen molar-refractivity contribution < 1.29 is 13.2 Å². The maximum absolute atomic E-state index is 13.3. The molecule has 2 aliphatic rings. The van der Waals surface area contributed by atoms with Crippen molar-refractivity contribution in [3.05, 3.63) is 53.5 Å². The van der Waals surface area contributed by atoms with Gasteiger partial charge in [0.1, 0.15) is 0 Å². The van der Waals surface area contributed by atoms with Crippen molar-refractivity contribution >= 4 is 40.2 Å². The molecular formula is C26H28F3N7S. The van der Waals surface area contributed by atoms with Crippen molar-refractivity contribution in [2.75, 3.05) is 42.2 Å². The third kappa shape index (κ3) is 5.10. The number of aryl methyl sites for hydroxylation is 1. The summed E-state index contributed by atoms with van der Waals surface area (Å²) in [6, 6.07) is 5.60. The van der Waals surface area contributed by atoms with E-state index in [4.69, 9.17) is 17.2 Å². The highest BCUT2D eigenvalue weighted by Crippen LogP contribution is 2.38. The van der Waals surface area contributed by atoms with Gasteiger partial charge >= 0.3 is 6.18 Å². The lowest BCUT2D eigenvalue weighted by atomic mass is 9.98. The van der Waals surface area contributed by atoms with Crippen molar-refractivity contribution in [3.63, 3.8) is 0 Å². The number of rotatable bonds is 3.